The molecule has 0 aromatic heterocycles. The molecule has 0 bridgehead atoms. The summed E-state index contributed by atoms with van der Waals surface area (Å²) in [6.07, 6.45) is 4.09. The second kappa shape index (κ2) is 9.85. The van der Waals surface area contributed by atoms with Crippen molar-refractivity contribution in [2.45, 2.75) is 32.1 Å². The van der Waals surface area contributed by atoms with Gasteiger partial charge in [0.05, 0.1) is 5.92 Å². The lowest BCUT2D eigenvalue weighted by molar-refractivity contribution is -0.125. The third-order valence-corrected chi connectivity index (χ3v) is 5.45. The van der Waals surface area contributed by atoms with Crippen LogP contribution in [-0.4, -0.2) is 49.3 Å². The standard InChI is InChI=1S/C20H27N3O3.ClH/c1-21-9-6-14-7-10-23(11-8-14)20(26)16-4-2-15(3-5-16)12-17-13-18(24)22-19(17)25;/h2-5,14,17,21H,6-13H2,1H3,(H,22,24,25);1H. The van der Waals surface area contributed by atoms with Crippen molar-refractivity contribution in [1.82, 2.24) is 15.5 Å². The van der Waals surface area contributed by atoms with Gasteiger partial charge in [-0.2, -0.15) is 0 Å². The topological polar surface area (TPSA) is 78.5 Å². The van der Waals surface area contributed by atoms with Crippen LogP contribution in [0.5, 0.6) is 0 Å². The van der Waals surface area contributed by atoms with E-state index < -0.39 is 0 Å². The monoisotopic (exact) mass is 393 g/mol. The highest BCUT2D eigenvalue weighted by Crippen LogP contribution is 2.22. The summed E-state index contributed by atoms with van der Waals surface area (Å²) in [6, 6.07) is 7.45. The highest BCUT2D eigenvalue weighted by molar-refractivity contribution is 6.03. The molecule has 1 aromatic carbocycles. The van der Waals surface area contributed by atoms with Gasteiger partial charge in [0.25, 0.3) is 5.91 Å². The number of hydrogen-bond donors (Lipinski definition) is 2. The largest absolute Gasteiger partial charge is 0.339 e. The molecule has 2 aliphatic heterocycles. The van der Waals surface area contributed by atoms with Crippen molar-refractivity contribution < 1.29 is 14.4 Å². The molecule has 2 aliphatic rings. The van der Waals surface area contributed by atoms with Crippen molar-refractivity contribution >= 4 is 30.1 Å². The molecule has 3 rings (SSSR count). The fourth-order valence-electron chi connectivity index (χ4n) is 3.80. The van der Waals surface area contributed by atoms with Crippen LogP contribution in [-0.2, 0) is 16.0 Å². The highest BCUT2D eigenvalue weighted by atomic mass is 35.5. The summed E-state index contributed by atoms with van der Waals surface area (Å²) in [7, 11) is 1.97. The number of nitrogens with one attached hydrogen (secondary N) is 2. The zero-order valence-electron chi connectivity index (χ0n) is 15.7. The second-order valence-corrected chi connectivity index (χ2v) is 7.34. The zero-order valence-corrected chi connectivity index (χ0v) is 16.5. The van der Waals surface area contributed by atoms with E-state index in [0.29, 0.717) is 17.9 Å². The molecule has 0 saturated carbocycles. The van der Waals surface area contributed by atoms with E-state index in [0.717, 1.165) is 38.0 Å². The number of halogens is 1. The van der Waals surface area contributed by atoms with Crippen molar-refractivity contribution in [3.63, 3.8) is 0 Å². The molecule has 1 unspecified atom stereocenters. The maximum absolute atomic E-state index is 12.7. The minimum absolute atomic E-state index is 0. The Morgan fingerprint density at radius 1 is 1.19 bits per heavy atom. The fraction of sp³-hybridized carbons (Fsp3) is 0.550. The van der Waals surface area contributed by atoms with Gasteiger partial charge in [-0.3, -0.25) is 19.7 Å². The first kappa shape index (κ1) is 21.4. The maximum atomic E-state index is 12.7. The quantitative estimate of drug-likeness (QED) is 0.722. The van der Waals surface area contributed by atoms with Crippen LogP contribution in [0.15, 0.2) is 24.3 Å². The molecule has 1 aromatic rings. The number of piperidine rings is 1. The Hall–Kier alpha value is -1.92. The van der Waals surface area contributed by atoms with Crippen LogP contribution in [0, 0.1) is 11.8 Å². The van der Waals surface area contributed by atoms with Gasteiger partial charge in [0.15, 0.2) is 0 Å². The minimum Gasteiger partial charge on any atom is -0.339 e. The van der Waals surface area contributed by atoms with E-state index in [9.17, 15) is 14.4 Å². The number of hydrogen-bond acceptors (Lipinski definition) is 4. The highest BCUT2D eigenvalue weighted by Gasteiger charge is 2.30. The number of likely N-dealkylation sites (tertiary alicyclic amines) is 1. The Balaban J connectivity index is 0.00000261. The van der Waals surface area contributed by atoms with Crippen LogP contribution in [0.3, 0.4) is 0 Å². The molecule has 2 N–H and O–H groups in total. The van der Waals surface area contributed by atoms with Crippen LogP contribution < -0.4 is 10.6 Å². The van der Waals surface area contributed by atoms with E-state index in [-0.39, 0.29) is 42.5 Å². The predicted octanol–water partition coefficient (Wildman–Crippen LogP) is 1.78. The van der Waals surface area contributed by atoms with Gasteiger partial charge in [-0.15, -0.1) is 12.4 Å². The molecule has 2 saturated heterocycles. The predicted molar refractivity (Wildman–Crippen MR) is 106 cm³/mol. The van der Waals surface area contributed by atoms with Gasteiger partial charge in [-0.05, 0) is 62.9 Å². The summed E-state index contributed by atoms with van der Waals surface area (Å²) in [5.41, 5.74) is 1.66. The Morgan fingerprint density at radius 3 is 2.41 bits per heavy atom. The summed E-state index contributed by atoms with van der Waals surface area (Å²) in [4.78, 5) is 37.5. The van der Waals surface area contributed by atoms with Crippen LogP contribution in [0.4, 0.5) is 0 Å². The summed E-state index contributed by atoms with van der Waals surface area (Å²) in [6.45, 7) is 2.67. The lowest BCUT2D eigenvalue weighted by atomic mass is 9.93. The third kappa shape index (κ3) is 5.53. The molecule has 3 amide bonds. The van der Waals surface area contributed by atoms with Gasteiger partial charge in [0, 0.05) is 25.1 Å². The van der Waals surface area contributed by atoms with Crippen molar-refractivity contribution in [1.29, 1.82) is 0 Å². The van der Waals surface area contributed by atoms with E-state index in [4.69, 9.17) is 0 Å². The van der Waals surface area contributed by atoms with Gasteiger partial charge in [0.2, 0.25) is 11.8 Å². The number of carbonyl (C=O) groups is 3. The minimum atomic E-state index is -0.291. The Bertz CT molecular complexity index is 670. The summed E-state index contributed by atoms with van der Waals surface area (Å²) in [5, 5.41) is 5.52. The molecule has 7 heteroatoms. The van der Waals surface area contributed by atoms with Gasteiger partial charge < -0.3 is 10.2 Å². The van der Waals surface area contributed by atoms with E-state index in [1.54, 1.807) is 0 Å². The Kier molecular flexibility index (Phi) is 7.80. The molecule has 27 heavy (non-hydrogen) atoms. The van der Waals surface area contributed by atoms with Gasteiger partial charge in [0.1, 0.15) is 0 Å². The fourth-order valence-corrected chi connectivity index (χ4v) is 3.80. The molecule has 2 heterocycles. The third-order valence-electron chi connectivity index (χ3n) is 5.45. The van der Waals surface area contributed by atoms with E-state index in [1.165, 1.54) is 6.42 Å². The van der Waals surface area contributed by atoms with Crippen LogP contribution in [0.2, 0.25) is 0 Å². The van der Waals surface area contributed by atoms with E-state index in [2.05, 4.69) is 10.6 Å². The molecule has 148 valence electrons. The second-order valence-electron chi connectivity index (χ2n) is 7.34. The molecular formula is C20H28ClN3O3. The lowest BCUT2D eigenvalue weighted by Crippen LogP contribution is -2.38. The van der Waals surface area contributed by atoms with Gasteiger partial charge in [-0.25, -0.2) is 0 Å². The zero-order chi connectivity index (χ0) is 18.5. The Labute approximate surface area is 166 Å². The number of imide groups is 1. The average molecular weight is 394 g/mol. The Morgan fingerprint density at radius 2 is 1.85 bits per heavy atom. The first-order chi connectivity index (χ1) is 12.6. The first-order valence-electron chi connectivity index (χ1n) is 9.43. The normalized spacial score (nSPS) is 20.3. The van der Waals surface area contributed by atoms with E-state index in [1.807, 2.05) is 36.2 Å². The first-order valence-corrected chi connectivity index (χ1v) is 9.43. The van der Waals surface area contributed by atoms with Crippen molar-refractivity contribution in [3.8, 4) is 0 Å². The average Bonchev–Trinajstić information content (AvgIpc) is 2.97. The van der Waals surface area contributed by atoms with Crippen LogP contribution in [0.25, 0.3) is 0 Å². The number of carbonyl (C=O) groups excluding carboxylic acids is 3. The number of amides is 3. The number of nitrogens with zero attached hydrogens (tertiary/aromatic N) is 1. The van der Waals surface area contributed by atoms with Crippen LogP contribution >= 0.6 is 12.4 Å². The van der Waals surface area contributed by atoms with Crippen molar-refractivity contribution in [3.05, 3.63) is 35.4 Å². The lowest BCUT2D eigenvalue weighted by Gasteiger charge is -2.32. The van der Waals surface area contributed by atoms with Crippen molar-refractivity contribution in [2.75, 3.05) is 26.7 Å². The van der Waals surface area contributed by atoms with Gasteiger partial charge in [-0.1, -0.05) is 12.1 Å². The van der Waals surface area contributed by atoms with Crippen molar-refractivity contribution in [2.24, 2.45) is 11.8 Å². The van der Waals surface area contributed by atoms with Gasteiger partial charge >= 0.3 is 0 Å². The molecular weight excluding hydrogens is 366 g/mol. The summed E-state index contributed by atoms with van der Waals surface area (Å²) < 4.78 is 0. The molecule has 1 atom stereocenters. The summed E-state index contributed by atoms with van der Waals surface area (Å²) >= 11 is 0. The molecule has 0 aliphatic carbocycles. The molecule has 0 radical (unpaired) electrons. The smallest absolute Gasteiger partial charge is 0.253 e. The summed E-state index contributed by atoms with van der Waals surface area (Å²) in [5.74, 6) is 0.0912. The number of benzene rings is 1. The molecule has 2 fully saturated rings. The van der Waals surface area contributed by atoms with E-state index >= 15 is 0 Å². The molecule has 0 spiro atoms. The van der Waals surface area contributed by atoms with Crippen LogP contribution in [0.1, 0.15) is 41.6 Å². The molecule has 6 nitrogen and oxygen atoms in total. The number of rotatable bonds is 6. The maximum Gasteiger partial charge on any atom is 0.253 e. The SMILES string of the molecule is CNCCC1CCN(C(=O)c2ccc(CC3CC(=O)NC3=O)cc2)CC1.Cl.